The molecule has 0 saturated heterocycles. The number of amides is 1. The van der Waals surface area contributed by atoms with Gasteiger partial charge in [0.1, 0.15) is 0 Å². The van der Waals surface area contributed by atoms with Gasteiger partial charge < -0.3 is 11.1 Å². The van der Waals surface area contributed by atoms with Gasteiger partial charge in [-0.15, -0.1) is 6.58 Å². The first-order chi connectivity index (χ1) is 5.57. The molecule has 0 saturated carbocycles. The second kappa shape index (κ2) is 5.71. The third kappa shape index (κ3) is 4.85. The lowest BCUT2D eigenvalue weighted by Gasteiger charge is -2.09. The molecule has 1 amide bonds. The molecule has 3 N–H and O–H groups in total. The van der Waals surface area contributed by atoms with E-state index in [0.717, 1.165) is 0 Å². The molecule has 0 aliphatic rings. The molecule has 0 bridgehead atoms. The molecule has 0 heterocycles. The fraction of sp³-hybridized carbons (Fsp3) is 0.500. The van der Waals surface area contributed by atoms with Crippen molar-refractivity contribution in [1.82, 2.24) is 5.32 Å². The minimum absolute atomic E-state index is 0.0392. The summed E-state index contributed by atoms with van der Waals surface area (Å²) in [5.41, 5.74) is 5.29. The van der Waals surface area contributed by atoms with Crippen LogP contribution in [0, 0.1) is 5.92 Å². The lowest BCUT2D eigenvalue weighted by Crippen LogP contribution is -2.31. The van der Waals surface area contributed by atoms with Gasteiger partial charge in [0.05, 0.1) is 4.99 Å². The zero-order chi connectivity index (χ0) is 9.56. The molecule has 1 unspecified atom stereocenters. The summed E-state index contributed by atoms with van der Waals surface area (Å²) >= 11 is 4.68. The second-order valence-electron chi connectivity index (χ2n) is 2.61. The van der Waals surface area contributed by atoms with Crippen molar-refractivity contribution in [2.45, 2.75) is 13.3 Å². The molecule has 0 fully saturated rings. The Labute approximate surface area is 78.0 Å². The van der Waals surface area contributed by atoms with Crippen molar-refractivity contribution >= 4 is 23.1 Å². The van der Waals surface area contributed by atoms with Gasteiger partial charge in [0, 0.05) is 18.9 Å². The van der Waals surface area contributed by atoms with Crippen LogP contribution in [0.2, 0.25) is 0 Å². The molecule has 12 heavy (non-hydrogen) atoms. The van der Waals surface area contributed by atoms with Crippen molar-refractivity contribution in [3.63, 3.8) is 0 Å². The van der Waals surface area contributed by atoms with Crippen LogP contribution < -0.4 is 11.1 Å². The summed E-state index contributed by atoms with van der Waals surface area (Å²) < 4.78 is 0. The van der Waals surface area contributed by atoms with Gasteiger partial charge in [0.25, 0.3) is 0 Å². The number of thiocarbonyl (C=S) groups is 1. The first kappa shape index (κ1) is 11.1. The third-order valence-electron chi connectivity index (χ3n) is 1.38. The Morgan fingerprint density at radius 2 is 2.42 bits per heavy atom. The Bertz CT molecular complexity index is 191. The summed E-state index contributed by atoms with van der Waals surface area (Å²) in [6.45, 7) is 5.76. The fourth-order valence-corrected chi connectivity index (χ4v) is 0.991. The maximum atomic E-state index is 11.2. The first-order valence-electron chi connectivity index (χ1n) is 3.74. The molecule has 0 rings (SSSR count). The van der Waals surface area contributed by atoms with E-state index in [1.54, 1.807) is 13.0 Å². The molecular weight excluding hydrogens is 172 g/mol. The number of rotatable bonds is 5. The zero-order valence-corrected chi connectivity index (χ0v) is 7.99. The molecule has 0 radical (unpaired) electrons. The number of hydrogen-bond acceptors (Lipinski definition) is 2. The standard InChI is InChI=1S/C8H14N2OS/c1-3-4-10-8(11)6(2)5-7(9)12/h3,6H,1,4-5H2,2H3,(H2,9,12)(H,10,11). The summed E-state index contributed by atoms with van der Waals surface area (Å²) in [5, 5.41) is 2.67. The van der Waals surface area contributed by atoms with Crippen LogP contribution in [0.1, 0.15) is 13.3 Å². The largest absolute Gasteiger partial charge is 0.393 e. The van der Waals surface area contributed by atoms with E-state index in [9.17, 15) is 4.79 Å². The van der Waals surface area contributed by atoms with Crippen LogP contribution >= 0.6 is 12.2 Å². The van der Waals surface area contributed by atoms with Gasteiger partial charge in [-0.25, -0.2) is 0 Å². The fourth-order valence-electron chi connectivity index (χ4n) is 0.741. The molecule has 68 valence electrons. The van der Waals surface area contributed by atoms with Crippen LogP contribution in [0.3, 0.4) is 0 Å². The summed E-state index contributed by atoms with van der Waals surface area (Å²) in [6, 6.07) is 0. The van der Waals surface area contributed by atoms with Crippen molar-refractivity contribution in [3.05, 3.63) is 12.7 Å². The number of nitrogens with one attached hydrogen (secondary N) is 1. The van der Waals surface area contributed by atoms with Crippen LogP contribution in [-0.4, -0.2) is 17.4 Å². The Morgan fingerprint density at radius 1 is 1.83 bits per heavy atom. The molecule has 0 aromatic carbocycles. The highest BCUT2D eigenvalue weighted by molar-refractivity contribution is 7.80. The Hall–Kier alpha value is -0.900. The minimum atomic E-state index is -0.151. The molecule has 4 heteroatoms. The summed E-state index contributed by atoms with van der Waals surface area (Å²) in [6.07, 6.45) is 2.09. The van der Waals surface area contributed by atoms with Crippen LogP contribution in [0.5, 0.6) is 0 Å². The van der Waals surface area contributed by atoms with Gasteiger partial charge in [-0.2, -0.15) is 0 Å². The maximum absolute atomic E-state index is 11.2. The van der Waals surface area contributed by atoms with Crippen LogP contribution in [0.15, 0.2) is 12.7 Å². The van der Waals surface area contributed by atoms with E-state index in [4.69, 9.17) is 5.73 Å². The van der Waals surface area contributed by atoms with Crippen molar-refractivity contribution in [2.75, 3.05) is 6.54 Å². The van der Waals surface area contributed by atoms with Crippen molar-refractivity contribution in [2.24, 2.45) is 11.7 Å². The van der Waals surface area contributed by atoms with Crippen LogP contribution in [-0.2, 0) is 4.79 Å². The van der Waals surface area contributed by atoms with Gasteiger partial charge in [-0.1, -0.05) is 25.2 Å². The molecule has 3 nitrogen and oxygen atoms in total. The van der Waals surface area contributed by atoms with E-state index < -0.39 is 0 Å². The van der Waals surface area contributed by atoms with Crippen molar-refractivity contribution in [3.8, 4) is 0 Å². The topological polar surface area (TPSA) is 55.1 Å². The van der Waals surface area contributed by atoms with Crippen LogP contribution in [0.4, 0.5) is 0 Å². The SMILES string of the molecule is C=CCNC(=O)C(C)CC(N)=S. The van der Waals surface area contributed by atoms with Gasteiger partial charge in [-0.3, -0.25) is 4.79 Å². The highest BCUT2D eigenvalue weighted by Crippen LogP contribution is 2.00. The average Bonchev–Trinajstić information content (AvgIpc) is 1.98. The van der Waals surface area contributed by atoms with E-state index in [-0.39, 0.29) is 11.8 Å². The molecule has 0 aliphatic heterocycles. The monoisotopic (exact) mass is 186 g/mol. The first-order valence-corrected chi connectivity index (χ1v) is 4.15. The highest BCUT2D eigenvalue weighted by atomic mass is 32.1. The second-order valence-corrected chi connectivity index (χ2v) is 3.13. The van der Waals surface area contributed by atoms with E-state index in [1.165, 1.54) is 0 Å². The zero-order valence-electron chi connectivity index (χ0n) is 7.17. The van der Waals surface area contributed by atoms with E-state index in [0.29, 0.717) is 18.0 Å². The Morgan fingerprint density at radius 3 is 2.83 bits per heavy atom. The predicted molar refractivity (Wildman–Crippen MR) is 53.8 cm³/mol. The molecule has 0 spiro atoms. The smallest absolute Gasteiger partial charge is 0.223 e. The Kier molecular flexibility index (Phi) is 5.28. The molecule has 0 aliphatic carbocycles. The van der Waals surface area contributed by atoms with E-state index in [2.05, 4.69) is 24.1 Å². The van der Waals surface area contributed by atoms with Crippen LogP contribution in [0.25, 0.3) is 0 Å². The molecule has 0 aromatic rings. The number of hydrogen-bond donors (Lipinski definition) is 2. The van der Waals surface area contributed by atoms with Crippen molar-refractivity contribution in [1.29, 1.82) is 0 Å². The molecule has 0 aromatic heterocycles. The Balaban J connectivity index is 3.76. The summed E-state index contributed by atoms with van der Waals surface area (Å²) in [5.74, 6) is -0.190. The lowest BCUT2D eigenvalue weighted by atomic mass is 10.1. The highest BCUT2D eigenvalue weighted by Gasteiger charge is 2.11. The molecule has 1 atom stereocenters. The third-order valence-corrected chi connectivity index (χ3v) is 1.54. The van der Waals surface area contributed by atoms with Gasteiger partial charge in [0.15, 0.2) is 0 Å². The normalized spacial score (nSPS) is 11.8. The van der Waals surface area contributed by atoms with Gasteiger partial charge >= 0.3 is 0 Å². The molecular formula is C8H14N2OS. The van der Waals surface area contributed by atoms with Gasteiger partial charge in [0.2, 0.25) is 5.91 Å². The van der Waals surface area contributed by atoms with E-state index in [1.807, 2.05) is 0 Å². The summed E-state index contributed by atoms with van der Waals surface area (Å²) in [7, 11) is 0. The predicted octanol–water partition coefficient (Wildman–Crippen LogP) is 0.601. The van der Waals surface area contributed by atoms with Gasteiger partial charge in [-0.05, 0) is 0 Å². The minimum Gasteiger partial charge on any atom is -0.393 e. The van der Waals surface area contributed by atoms with E-state index >= 15 is 0 Å². The number of nitrogens with two attached hydrogens (primary N) is 1. The maximum Gasteiger partial charge on any atom is 0.223 e. The quantitative estimate of drug-likeness (QED) is 0.488. The summed E-state index contributed by atoms with van der Waals surface area (Å²) in [4.78, 5) is 11.5. The number of carbonyl (C=O) groups is 1. The van der Waals surface area contributed by atoms with Crippen molar-refractivity contribution < 1.29 is 4.79 Å². The average molecular weight is 186 g/mol. The lowest BCUT2D eigenvalue weighted by molar-refractivity contribution is -0.124. The number of carbonyl (C=O) groups excluding carboxylic acids is 1.